The van der Waals surface area contributed by atoms with Crippen molar-refractivity contribution in [2.75, 3.05) is 34.5 Å². The molecule has 5 N–H and O–H groups in total. The molecule has 0 aromatic carbocycles. The van der Waals surface area contributed by atoms with E-state index in [2.05, 4.69) is 97.8 Å². The Balaban J connectivity index is 0.000000216. The Hall–Kier alpha value is -4.87. The van der Waals surface area contributed by atoms with E-state index < -0.39 is 132 Å². The summed E-state index contributed by atoms with van der Waals surface area (Å²) in [4.78, 5) is 33.9. The van der Waals surface area contributed by atoms with Crippen molar-refractivity contribution in [3.8, 4) is 0 Å². The predicted molar refractivity (Wildman–Crippen MR) is 410 cm³/mol. The summed E-state index contributed by atoms with van der Waals surface area (Å²) in [6, 6.07) is 0. The maximum absolute atomic E-state index is 14.4. The number of ether oxygens (including phenoxy) is 14. The summed E-state index contributed by atoms with van der Waals surface area (Å²) in [6.45, 7) is 26.4. The van der Waals surface area contributed by atoms with Gasteiger partial charge in [-0.25, -0.2) is 0 Å². The minimum atomic E-state index is -1.83. The number of methoxy groups -OCH3 is 2. The highest BCUT2D eigenvalue weighted by Crippen LogP contribution is 2.51. The first-order valence-electron chi connectivity index (χ1n) is 40.8. The SMILES string of the molecule is CO/N=C1/C[C@]2(C[C@@H]3C[C@@H](C/C=C(\C)C[C@@H](C)/C=C/C=C4\CO[C@@H]5[C@H](O)C(C)=C[C@@H](C(=O)O3)[C@]45O)O2)O[C@H](/C(C)=C/C(C)C)[C@H]1C.CO[C@H]1C[C@H](O[C@H]2[C@H](C)O[C@@H](O[C@@H]3/C(C)=C/C[C@@H]4C[C@@H](C[C@]5(C=C[C@H](C)[C@@H](C6CCCCC6)O5)O4)OC(=O)[C@@H]4C=C(C)[C@@H](O)[C@H]5OC/C(=C\C=C\[C@@H]3C)[C@]54O)C[C@@H]2OC)O[C@@H](C)[C@@H]1O. The Morgan fingerprint density at radius 3 is 1.85 bits per heavy atom. The lowest BCUT2D eigenvalue weighted by Gasteiger charge is -2.50. The number of aliphatic hydroxyl groups excluding tert-OH is 3. The quantitative estimate of drug-likeness (QED) is 0.0772. The molecule has 23 nitrogen and oxygen atoms in total. The van der Waals surface area contributed by atoms with Crippen molar-refractivity contribution >= 4 is 17.7 Å². The molecule has 23 heteroatoms. The first kappa shape index (κ1) is 84.5. The molecule has 13 aliphatic rings. The Labute approximate surface area is 651 Å². The second-order valence-electron chi connectivity index (χ2n) is 34.5. The van der Waals surface area contributed by atoms with Crippen LogP contribution in [0, 0.1) is 47.3 Å². The number of carbonyl (C=O) groups is 2. The van der Waals surface area contributed by atoms with Crippen LogP contribution in [-0.4, -0.2) is 217 Å². The van der Waals surface area contributed by atoms with Crippen LogP contribution in [0.15, 0.2) is 123 Å². The summed E-state index contributed by atoms with van der Waals surface area (Å²) >= 11 is 0. The van der Waals surface area contributed by atoms with Gasteiger partial charge in [0.25, 0.3) is 0 Å². The second kappa shape index (κ2) is 35.7. The maximum Gasteiger partial charge on any atom is 0.316 e. The van der Waals surface area contributed by atoms with Gasteiger partial charge in [-0.15, -0.1) is 0 Å². The molecule has 10 heterocycles. The fourth-order valence-electron chi connectivity index (χ4n) is 19.6. The van der Waals surface area contributed by atoms with Crippen LogP contribution in [0.1, 0.15) is 186 Å². The van der Waals surface area contributed by atoms with Crippen LogP contribution in [0.5, 0.6) is 0 Å². The van der Waals surface area contributed by atoms with Gasteiger partial charge in [0.2, 0.25) is 0 Å². The smallest absolute Gasteiger partial charge is 0.316 e. The summed E-state index contributed by atoms with van der Waals surface area (Å²) in [7, 11) is 4.78. The van der Waals surface area contributed by atoms with Gasteiger partial charge in [0.05, 0.1) is 73.9 Å². The van der Waals surface area contributed by atoms with Gasteiger partial charge in [0, 0.05) is 76.9 Å². The molecule has 7 saturated heterocycles. The summed E-state index contributed by atoms with van der Waals surface area (Å²) in [5.41, 5.74) is 2.71. The number of hydrogen-bond acceptors (Lipinski definition) is 23. The third-order valence-electron chi connectivity index (χ3n) is 25.6. The molecular weight excluding hydrogens is 1410 g/mol. The van der Waals surface area contributed by atoms with Crippen LogP contribution in [0.3, 0.4) is 0 Å². The van der Waals surface area contributed by atoms with E-state index in [0.29, 0.717) is 91.9 Å². The molecule has 29 atom stereocenters. The van der Waals surface area contributed by atoms with E-state index >= 15 is 0 Å². The first-order valence-corrected chi connectivity index (χ1v) is 40.8. The van der Waals surface area contributed by atoms with Crippen molar-refractivity contribution in [2.24, 2.45) is 52.5 Å². The van der Waals surface area contributed by atoms with E-state index in [1.807, 2.05) is 37.3 Å². The molecule has 0 aromatic rings. The third-order valence-corrected chi connectivity index (χ3v) is 25.6. The fraction of sp³-hybridized carbons (Fsp3) is 0.736. The molecule has 110 heavy (non-hydrogen) atoms. The van der Waals surface area contributed by atoms with Gasteiger partial charge in [0.1, 0.15) is 79.0 Å². The van der Waals surface area contributed by atoms with Crippen LogP contribution >= 0.6 is 0 Å². The summed E-state index contributed by atoms with van der Waals surface area (Å²) in [5.74, 6) is -4.48. The summed E-state index contributed by atoms with van der Waals surface area (Å²) in [6.07, 6.45) is 25.2. The van der Waals surface area contributed by atoms with Crippen molar-refractivity contribution < 1.29 is 106 Å². The average Bonchev–Trinajstić information content (AvgIpc) is 1.53. The molecule has 0 aromatic heterocycles. The van der Waals surface area contributed by atoms with Gasteiger partial charge in [-0.05, 0) is 138 Å². The van der Waals surface area contributed by atoms with Gasteiger partial charge < -0.3 is 96.7 Å². The molecule has 0 amide bonds. The van der Waals surface area contributed by atoms with Gasteiger partial charge in [-0.2, -0.15) is 0 Å². The number of nitrogens with zero attached hydrogens (tertiary/aromatic N) is 1. The zero-order valence-corrected chi connectivity index (χ0v) is 67.7. The zero-order chi connectivity index (χ0) is 78.9. The first-order chi connectivity index (χ1) is 52.4. The molecule has 612 valence electrons. The zero-order valence-electron chi connectivity index (χ0n) is 67.7. The normalized spacial score (nSPS) is 47.2. The Morgan fingerprint density at radius 2 is 1.23 bits per heavy atom. The van der Waals surface area contributed by atoms with E-state index in [9.17, 15) is 35.1 Å². The minimum absolute atomic E-state index is 0.0242. The highest BCUT2D eigenvalue weighted by Gasteiger charge is 2.63. The lowest BCUT2D eigenvalue weighted by atomic mass is 9.71. The molecule has 1 saturated carbocycles. The maximum atomic E-state index is 14.4. The molecule has 4 bridgehead atoms. The van der Waals surface area contributed by atoms with Crippen molar-refractivity contribution in [2.45, 2.75) is 325 Å². The highest BCUT2D eigenvalue weighted by atomic mass is 16.7. The number of fused-ring (bicyclic) bond motifs is 4. The number of aliphatic hydroxyl groups is 5. The van der Waals surface area contributed by atoms with E-state index in [1.54, 1.807) is 60.3 Å². The van der Waals surface area contributed by atoms with Crippen LogP contribution < -0.4 is 0 Å². The fourth-order valence-corrected chi connectivity index (χ4v) is 19.6. The third kappa shape index (κ3) is 18.2. The number of allylic oxidation sites excluding steroid dienone is 7. The Morgan fingerprint density at radius 1 is 0.645 bits per heavy atom. The monoisotopic (exact) mass is 1540 g/mol. The van der Waals surface area contributed by atoms with Crippen molar-refractivity contribution in [1.29, 1.82) is 0 Å². The van der Waals surface area contributed by atoms with Gasteiger partial charge in [-0.3, -0.25) is 9.59 Å². The number of hydrogen-bond donors (Lipinski definition) is 5. The summed E-state index contributed by atoms with van der Waals surface area (Å²) in [5, 5.41) is 61.9. The molecule has 10 aliphatic heterocycles. The van der Waals surface area contributed by atoms with E-state index in [4.69, 9.17) is 71.2 Å². The Bertz CT molecular complexity index is 3580. The number of esters is 2. The van der Waals surface area contributed by atoms with E-state index in [0.717, 1.165) is 36.1 Å². The van der Waals surface area contributed by atoms with Gasteiger partial charge >= 0.3 is 11.9 Å². The van der Waals surface area contributed by atoms with Crippen LogP contribution in [0.4, 0.5) is 0 Å². The van der Waals surface area contributed by atoms with Crippen LogP contribution in [0.25, 0.3) is 0 Å². The van der Waals surface area contributed by atoms with E-state index in [1.165, 1.54) is 24.8 Å². The molecule has 8 fully saturated rings. The molecule has 13 rings (SSSR count). The van der Waals surface area contributed by atoms with Crippen molar-refractivity contribution in [3.63, 3.8) is 0 Å². The highest BCUT2D eigenvalue weighted by molar-refractivity contribution is 5.88. The standard InChI is InChI=1S/C50H74O14.C37H53NO8/c1-27-13-12-16-34-26-57-47-42(51)30(4)21-37(50(34,47)54)48(53)60-36-22-35(63-49(25-36)20-19-29(3)45(64-49)33-14-10-9-11-15-33)18-17-28(2)44(27)61-41-24-39(56-8)46(32(6)59-41)62-40-23-38(55-7)43(52)31(5)58-40;1-21(2)14-25(6)33-26(7)31(38-42-8)19-36(46-33)18-29-17-28(45-36)13-12-23(4)15-22(3)10-9-11-27-20-43-34-32(39)24(5)16-30(35(40)44-29)37(27,34)41/h12-13,16-17,19-21,27,29,31-33,35-47,51-52,54H,9-11,14-15,18,22-26H2,1-8H3;9-12,14,16,21-22,26,28-30,32-34,39,41H,13,15,17-20H2,1-8H3/b13-12+,28-17+,34-16+;10-9+,23-12+,25-14+,27-11+,38-31-/t27-,29-,31-,32-,35+,36-,37-,38-,39-,40-,41-,42+,43-,44-,45-,46-,47+,49+,50+;22-,26-,28+,29-,30-,32+,33+,34+,36-,37+/m00/s1. The Kier molecular flexibility index (Phi) is 27.4. The van der Waals surface area contributed by atoms with Crippen molar-refractivity contribution in [3.05, 3.63) is 118 Å². The molecule has 3 aliphatic carbocycles. The lowest BCUT2D eigenvalue weighted by Crippen LogP contribution is -2.59. The second-order valence-corrected chi connectivity index (χ2v) is 34.5. The van der Waals surface area contributed by atoms with Gasteiger partial charge in [-0.1, -0.05) is 144 Å². The van der Waals surface area contributed by atoms with Crippen molar-refractivity contribution in [1.82, 2.24) is 0 Å². The largest absolute Gasteiger partial charge is 0.462 e. The predicted octanol–water partition coefficient (Wildman–Crippen LogP) is 11.6. The topological polar surface area (TPSA) is 286 Å². The average molecular weight is 1540 g/mol. The van der Waals surface area contributed by atoms with Crippen LogP contribution in [-0.2, 0) is 80.7 Å². The lowest BCUT2D eigenvalue weighted by molar-refractivity contribution is -0.318. The minimum Gasteiger partial charge on any atom is -0.462 e. The number of oxime groups is 1. The molecule has 0 radical (unpaired) electrons. The van der Waals surface area contributed by atoms with Crippen LogP contribution in [0.2, 0.25) is 0 Å². The van der Waals surface area contributed by atoms with E-state index in [-0.39, 0.29) is 67.4 Å². The molecular formula is C87H127NO22. The molecule has 0 unspecified atom stereocenters. The summed E-state index contributed by atoms with van der Waals surface area (Å²) < 4.78 is 90.2. The number of carbonyl (C=O) groups excluding carboxylic acids is 2. The number of rotatable bonds is 10. The van der Waals surface area contributed by atoms with Gasteiger partial charge in [0.15, 0.2) is 24.2 Å². The molecule has 2 spiro atoms.